The summed E-state index contributed by atoms with van der Waals surface area (Å²) < 4.78 is 0. The van der Waals surface area contributed by atoms with E-state index in [4.69, 9.17) is 5.73 Å². The molecular formula is C17H22N4OS. The Balaban J connectivity index is 1.53. The molecule has 1 saturated heterocycles. The maximum Gasteiger partial charge on any atom is 0.249 e. The number of carbonyl (C=O) groups excluding carboxylic acids is 1. The Bertz CT molecular complexity index is 650. The van der Waals surface area contributed by atoms with Gasteiger partial charge in [0.2, 0.25) is 5.91 Å². The molecule has 6 heteroatoms. The van der Waals surface area contributed by atoms with Gasteiger partial charge in [0.25, 0.3) is 0 Å². The van der Waals surface area contributed by atoms with E-state index in [1.165, 1.54) is 4.88 Å². The van der Waals surface area contributed by atoms with Gasteiger partial charge >= 0.3 is 0 Å². The van der Waals surface area contributed by atoms with E-state index in [1.54, 1.807) is 11.3 Å². The fourth-order valence-electron chi connectivity index (χ4n) is 2.93. The number of aromatic nitrogens is 1. The number of primary amides is 1. The minimum atomic E-state index is -0.346. The van der Waals surface area contributed by atoms with Gasteiger partial charge in [0, 0.05) is 55.2 Å². The molecule has 0 radical (unpaired) electrons. The van der Waals surface area contributed by atoms with Crippen LogP contribution >= 0.6 is 11.3 Å². The molecule has 2 aromatic heterocycles. The standard InChI is InChI=1S/C17H22N4OS/c1-13(16-4-2-3-5-19-16)21-8-6-20(7-9-21)11-15-10-14(12-23-15)17(18)22/h2-5,10,12-13H,6-9,11H2,1H3,(H2,18,22). The van der Waals surface area contributed by atoms with Gasteiger partial charge in [-0.2, -0.15) is 0 Å². The molecule has 0 spiro atoms. The molecule has 0 aromatic carbocycles. The quantitative estimate of drug-likeness (QED) is 0.912. The van der Waals surface area contributed by atoms with Gasteiger partial charge in [-0.1, -0.05) is 6.07 Å². The lowest BCUT2D eigenvalue weighted by molar-refractivity contribution is 0.0968. The van der Waals surface area contributed by atoms with Crippen molar-refractivity contribution in [2.45, 2.75) is 19.5 Å². The van der Waals surface area contributed by atoms with Crippen molar-refractivity contribution in [1.82, 2.24) is 14.8 Å². The first-order valence-electron chi connectivity index (χ1n) is 7.88. The number of nitrogens with two attached hydrogens (primary N) is 1. The zero-order chi connectivity index (χ0) is 16.2. The van der Waals surface area contributed by atoms with Crippen LogP contribution in [-0.2, 0) is 6.54 Å². The number of amides is 1. The zero-order valence-corrected chi connectivity index (χ0v) is 14.1. The fraction of sp³-hybridized carbons (Fsp3) is 0.412. The Labute approximate surface area is 140 Å². The molecule has 3 heterocycles. The second-order valence-corrected chi connectivity index (χ2v) is 6.90. The van der Waals surface area contributed by atoms with Crippen LogP contribution in [0.3, 0.4) is 0 Å². The SMILES string of the molecule is CC(c1ccccn1)N1CCN(Cc2cc(C(N)=O)cs2)CC1. The van der Waals surface area contributed by atoms with Crippen LogP contribution in [0, 0.1) is 0 Å². The molecule has 23 heavy (non-hydrogen) atoms. The maximum atomic E-state index is 11.2. The highest BCUT2D eigenvalue weighted by Gasteiger charge is 2.23. The number of carbonyl (C=O) groups is 1. The van der Waals surface area contributed by atoms with Crippen LogP contribution in [0.15, 0.2) is 35.8 Å². The monoisotopic (exact) mass is 330 g/mol. The average molecular weight is 330 g/mol. The molecule has 0 aliphatic carbocycles. The Morgan fingerprint density at radius 1 is 1.35 bits per heavy atom. The third-order valence-electron chi connectivity index (χ3n) is 4.39. The van der Waals surface area contributed by atoms with E-state index < -0.39 is 0 Å². The Morgan fingerprint density at radius 2 is 2.13 bits per heavy atom. The Kier molecular flexibility index (Phi) is 5.05. The summed E-state index contributed by atoms with van der Waals surface area (Å²) >= 11 is 1.61. The third-order valence-corrected chi connectivity index (χ3v) is 5.31. The van der Waals surface area contributed by atoms with Crippen LogP contribution in [0.4, 0.5) is 0 Å². The topological polar surface area (TPSA) is 62.5 Å². The predicted molar refractivity (Wildman–Crippen MR) is 92.3 cm³/mol. The van der Waals surface area contributed by atoms with Crippen molar-refractivity contribution in [2.75, 3.05) is 26.2 Å². The van der Waals surface area contributed by atoms with Crippen molar-refractivity contribution < 1.29 is 4.79 Å². The highest BCUT2D eigenvalue weighted by molar-refractivity contribution is 7.10. The van der Waals surface area contributed by atoms with Crippen LogP contribution in [0.1, 0.15) is 33.9 Å². The summed E-state index contributed by atoms with van der Waals surface area (Å²) in [5.74, 6) is -0.346. The van der Waals surface area contributed by atoms with Gasteiger partial charge in [0.1, 0.15) is 0 Å². The molecule has 3 rings (SSSR count). The Hall–Kier alpha value is -1.76. The lowest BCUT2D eigenvalue weighted by atomic mass is 10.1. The molecule has 1 atom stereocenters. The molecule has 1 unspecified atom stereocenters. The first kappa shape index (κ1) is 16.1. The number of thiophene rings is 1. The van der Waals surface area contributed by atoms with E-state index in [9.17, 15) is 4.79 Å². The van der Waals surface area contributed by atoms with Crippen LogP contribution in [0.2, 0.25) is 0 Å². The smallest absolute Gasteiger partial charge is 0.249 e. The summed E-state index contributed by atoms with van der Waals surface area (Å²) in [4.78, 5) is 21.7. The lowest BCUT2D eigenvalue weighted by Gasteiger charge is -2.37. The number of hydrogen-bond acceptors (Lipinski definition) is 5. The molecule has 0 bridgehead atoms. The van der Waals surface area contributed by atoms with Crippen LogP contribution in [0.25, 0.3) is 0 Å². The third kappa shape index (κ3) is 3.96. The zero-order valence-electron chi connectivity index (χ0n) is 13.3. The normalized spacial score (nSPS) is 18.0. The van der Waals surface area contributed by atoms with E-state index >= 15 is 0 Å². The summed E-state index contributed by atoms with van der Waals surface area (Å²) in [6, 6.07) is 8.35. The summed E-state index contributed by atoms with van der Waals surface area (Å²) in [7, 11) is 0. The first-order valence-corrected chi connectivity index (χ1v) is 8.76. The fourth-order valence-corrected chi connectivity index (χ4v) is 3.85. The molecule has 1 aliphatic rings. The van der Waals surface area contributed by atoms with Crippen molar-refractivity contribution in [2.24, 2.45) is 5.73 Å². The summed E-state index contributed by atoms with van der Waals surface area (Å²) in [5.41, 5.74) is 7.06. The molecule has 1 amide bonds. The van der Waals surface area contributed by atoms with Crippen LogP contribution in [0.5, 0.6) is 0 Å². The van der Waals surface area contributed by atoms with Gasteiger partial charge in [0.15, 0.2) is 0 Å². The number of rotatable bonds is 5. The highest BCUT2D eigenvalue weighted by atomic mass is 32.1. The average Bonchev–Trinajstić information content (AvgIpc) is 3.04. The van der Waals surface area contributed by atoms with Gasteiger partial charge in [-0.25, -0.2) is 0 Å². The van der Waals surface area contributed by atoms with Gasteiger partial charge in [-0.15, -0.1) is 11.3 Å². The van der Waals surface area contributed by atoms with E-state index in [2.05, 4.69) is 27.8 Å². The van der Waals surface area contributed by atoms with Crippen molar-refractivity contribution in [3.8, 4) is 0 Å². The van der Waals surface area contributed by atoms with Gasteiger partial charge < -0.3 is 5.73 Å². The van der Waals surface area contributed by atoms with Crippen molar-refractivity contribution in [1.29, 1.82) is 0 Å². The molecule has 1 aliphatic heterocycles. The minimum Gasteiger partial charge on any atom is -0.366 e. The Morgan fingerprint density at radius 3 is 2.74 bits per heavy atom. The lowest BCUT2D eigenvalue weighted by Crippen LogP contribution is -2.46. The number of nitrogens with zero attached hydrogens (tertiary/aromatic N) is 3. The van der Waals surface area contributed by atoms with E-state index in [-0.39, 0.29) is 5.91 Å². The molecule has 1 fully saturated rings. The molecular weight excluding hydrogens is 308 g/mol. The second-order valence-electron chi connectivity index (χ2n) is 5.91. The minimum absolute atomic E-state index is 0.346. The molecule has 2 aromatic rings. The van der Waals surface area contributed by atoms with Crippen LogP contribution in [-0.4, -0.2) is 46.9 Å². The van der Waals surface area contributed by atoms with Crippen molar-refractivity contribution in [3.63, 3.8) is 0 Å². The van der Waals surface area contributed by atoms with Crippen molar-refractivity contribution >= 4 is 17.2 Å². The van der Waals surface area contributed by atoms with Crippen LogP contribution < -0.4 is 5.73 Å². The van der Waals surface area contributed by atoms with E-state index in [0.29, 0.717) is 11.6 Å². The summed E-state index contributed by atoms with van der Waals surface area (Å²) in [5, 5.41) is 1.84. The summed E-state index contributed by atoms with van der Waals surface area (Å²) in [6.07, 6.45) is 1.86. The molecule has 122 valence electrons. The first-order chi connectivity index (χ1) is 11.1. The van der Waals surface area contributed by atoms with Gasteiger partial charge in [0.05, 0.1) is 11.3 Å². The largest absolute Gasteiger partial charge is 0.366 e. The number of piperazine rings is 1. The van der Waals surface area contributed by atoms with E-state index in [0.717, 1.165) is 38.4 Å². The maximum absolute atomic E-state index is 11.2. The highest BCUT2D eigenvalue weighted by Crippen LogP contribution is 2.21. The van der Waals surface area contributed by atoms with Crippen molar-refractivity contribution in [3.05, 3.63) is 52.0 Å². The summed E-state index contributed by atoms with van der Waals surface area (Å²) in [6.45, 7) is 7.24. The number of pyridine rings is 1. The van der Waals surface area contributed by atoms with E-state index in [1.807, 2.05) is 29.8 Å². The predicted octanol–water partition coefficient (Wildman–Crippen LogP) is 2.12. The molecule has 0 saturated carbocycles. The van der Waals surface area contributed by atoms with Gasteiger partial charge in [-0.3, -0.25) is 19.6 Å². The second kappa shape index (κ2) is 7.21. The molecule has 2 N–H and O–H groups in total. The van der Waals surface area contributed by atoms with Gasteiger partial charge in [-0.05, 0) is 25.1 Å². The molecule has 5 nitrogen and oxygen atoms in total. The number of hydrogen-bond donors (Lipinski definition) is 1.